The van der Waals surface area contributed by atoms with E-state index >= 15 is 0 Å². The molecular formula is C26H31Cl2N3O. The number of amides is 1. The molecule has 0 radical (unpaired) electrons. The Morgan fingerprint density at radius 3 is 2.44 bits per heavy atom. The van der Waals surface area contributed by atoms with Gasteiger partial charge in [0.15, 0.2) is 0 Å². The lowest BCUT2D eigenvalue weighted by Gasteiger charge is -2.39. The monoisotopic (exact) mass is 471 g/mol. The molecule has 170 valence electrons. The molecule has 1 N–H and O–H groups in total. The van der Waals surface area contributed by atoms with Crippen molar-refractivity contribution in [2.75, 3.05) is 26.2 Å². The van der Waals surface area contributed by atoms with Gasteiger partial charge in [-0.05, 0) is 62.8 Å². The third-order valence-electron chi connectivity index (χ3n) is 7.05. The maximum Gasteiger partial charge on any atom is 0.254 e. The Labute approximate surface area is 202 Å². The minimum absolute atomic E-state index is 0. The number of aromatic nitrogens is 1. The number of carbonyl (C=O) groups excluding carboxylic acids is 1. The van der Waals surface area contributed by atoms with E-state index in [-0.39, 0.29) is 30.7 Å². The Morgan fingerprint density at radius 1 is 1.00 bits per heavy atom. The van der Waals surface area contributed by atoms with Crippen molar-refractivity contribution in [3.8, 4) is 11.3 Å². The van der Waals surface area contributed by atoms with Gasteiger partial charge in [0.2, 0.25) is 0 Å². The molecule has 5 rings (SSSR count). The van der Waals surface area contributed by atoms with Crippen molar-refractivity contribution in [2.24, 2.45) is 5.41 Å². The summed E-state index contributed by atoms with van der Waals surface area (Å²) in [5.74, 6) is 0.139. The number of hydrogen-bond acceptors (Lipinski definition) is 3. The minimum atomic E-state index is 0. The molecule has 6 heteroatoms. The molecule has 1 aromatic heterocycles. The number of aryl methyl sites for hydroxylation is 2. The van der Waals surface area contributed by atoms with E-state index in [1.165, 1.54) is 17.5 Å². The van der Waals surface area contributed by atoms with E-state index < -0.39 is 0 Å². The highest BCUT2D eigenvalue weighted by Crippen LogP contribution is 2.38. The highest BCUT2D eigenvalue weighted by molar-refractivity contribution is 6.07. The number of nitrogens with zero attached hydrogens (tertiary/aromatic N) is 2. The number of benzene rings is 2. The second-order valence-corrected chi connectivity index (χ2v) is 9.11. The van der Waals surface area contributed by atoms with Gasteiger partial charge in [0.05, 0.1) is 16.8 Å². The first-order chi connectivity index (χ1) is 14.5. The molecule has 0 aliphatic carbocycles. The van der Waals surface area contributed by atoms with Gasteiger partial charge < -0.3 is 10.2 Å². The molecule has 0 atom stereocenters. The van der Waals surface area contributed by atoms with Crippen molar-refractivity contribution in [2.45, 2.75) is 33.1 Å². The first kappa shape index (κ1) is 24.5. The minimum Gasteiger partial charge on any atom is -0.339 e. The van der Waals surface area contributed by atoms with Gasteiger partial charge in [-0.3, -0.25) is 4.79 Å². The lowest BCUT2D eigenvalue weighted by Crippen LogP contribution is -2.44. The van der Waals surface area contributed by atoms with Crippen molar-refractivity contribution >= 4 is 41.6 Å². The zero-order valence-electron chi connectivity index (χ0n) is 18.7. The van der Waals surface area contributed by atoms with Gasteiger partial charge in [0.1, 0.15) is 0 Å². The van der Waals surface area contributed by atoms with Crippen LogP contribution < -0.4 is 5.32 Å². The standard InChI is InChI=1S/C26H29N3O.2ClH/c1-18-7-8-20(19(2)15-18)24-16-22(21-5-3-4-6-23(21)28-24)25(30)29-13-10-26(11-14-29)9-12-27-17-26;;/h3-8,15-16,27H,9-14,17H2,1-2H3;2*1H. The summed E-state index contributed by atoms with van der Waals surface area (Å²) in [5.41, 5.74) is 6.45. The van der Waals surface area contributed by atoms with E-state index in [0.29, 0.717) is 5.41 Å². The summed E-state index contributed by atoms with van der Waals surface area (Å²) in [7, 11) is 0. The quantitative estimate of drug-likeness (QED) is 0.530. The van der Waals surface area contributed by atoms with Crippen LogP contribution in [0.5, 0.6) is 0 Å². The number of pyridine rings is 1. The third-order valence-corrected chi connectivity index (χ3v) is 7.05. The van der Waals surface area contributed by atoms with E-state index in [4.69, 9.17) is 4.98 Å². The van der Waals surface area contributed by atoms with Crippen LogP contribution in [0.2, 0.25) is 0 Å². The Bertz CT molecular complexity index is 1120. The van der Waals surface area contributed by atoms with Gasteiger partial charge in [0.25, 0.3) is 5.91 Å². The number of likely N-dealkylation sites (tertiary alicyclic amines) is 1. The van der Waals surface area contributed by atoms with E-state index in [1.54, 1.807) is 0 Å². The molecule has 0 bridgehead atoms. The first-order valence-electron chi connectivity index (χ1n) is 11.0. The summed E-state index contributed by atoms with van der Waals surface area (Å²) >= 11 is 0. The van der Waals surface area contributed by atoms with E-state index in [1.807, 2.05) is 30.3 Å². The Morgan fingerprint density at radius 2 is 1.75 bits per heavy atom. The molecule has 4 nitrogen and oxygen atoms in total. The van der Waals surface area contributed by atoms with Gasteiger partial charge >= 0.3 is 0 Å². The molecule has 1 amide bonds. The molecule has 2 aliphatic rings. The fourth-order valence-corrected chi connectivity index (χ4v) is 5.17. The third kappa shape index (κ3) is 4.50. The van der Waals surface area contributed by atoms with Crippen molar-refractivity contribution in [1.29, 1.82) is 0 Å². The zero-order valence-corrected chi connectivity index (χ0v) is 20.3. The maximum absolute atomic E-state index is 13.6. The normalized spacial score (nSPS) is 17.1. The molecule has 3 aromatic rings. The summed E-state index contributed by atoms with van der Waals surface area (Å²) in [5, 5.41) is 4.45. The summed E-state index contributed by atoms with van der Waals surface area (Å²) in [6.45, 7) is 8.11. The molecule has 2 fully saturated rings. The molecular weight excluding hydrogens is 441 g/mol. The molecule has 0 saturated carbocycles. The van der Waals surface area contributed by atoms with E-state index in [0.717, 1.165) is 66.7 Å². The highest BCUT2D eigenvalue weighted by atomic mass is 35.5. The van der Waals surface area contributed by atoms with Crippen molar-refractivity contribution < 1.29 is 4.79 Å². The fourth-order valence-electron chi connectivity index (χ4n) is 5.17. The summed E-state index contributed by atoms with van der Waals surface area (Å²) in [6, 6.07) is 16.4. The number of para-hydroxylation sites is 1. The lowest BCUT2D eigenvalue weighted by atomic mass is 9.77. The van der Waals surface area contributed by atoms with Crippen LogP contribution in [0, 0.1) is 19.3 Å². The number of carbonyl (C=O) groups is 1. The van der Waals surface area contributed by atoms with Crippen molar-refractivity contribution in [3.63, 3.8) is 0 Å². The van der Waals surface area contributed by atoms with Crippen LogP contribution in [-0.4, -0.2) is 42.0 Å². The SMILES string of the molecule is Cc1ccc(-c2cc(C(=O)N3CCC4(CCNC4)CC3)c3ccccc3n2)c(C)c1.Cl.Cl. The van der Waals surface area contributed by atoms with Crippen LogP contribution in [0.25, 0.3) is 22.2 Å². The van der Waals surface area contributed by atoms with Crippen molar-refractivity contribution in [1.82, 2.24) is 15.2 Å². The summed E-state index contributed by atoms with van der Waals surface area (Å²) < 4.78 is 0. The molecule has 0 unspecified atom stereocenters. The van der Waals surface area contributed by atoms with E-state index in [9.17, 15) is 4.79 Å². The predicted molar refractivity (Wildman–Crippen MR) is 136 cm³/mol. The van der Waals surface area contributed by atoms with Crippen LogP contribution >= 0.6 is 24.8 Å². The predicted octanol–water partition coefficient (Wildman–Crippen LogP) is 5.58. The van der Waals surface area contributed by atoms with Crippen LogP contribution in [0.1, 0.15) is 40.7 Å². The Kier molecular flexibility index (Phi) is 7.49. The lowest BCUT2D eigenvalue weighted by molar-refractivity contribution is 0.0609. The number of nitrogens with one attached hydrogen (secondary N) is 1. The number of rotatable bonds is 2. The molecule has 2 saturated heterocycles. The van der Waals surface area contributed by atoms with Crippen LogP contribution in [0.4, 0.5) is 0 Å². The second-order valence-electron chi connectivity index (χ2n) is 9.11. The smallest absolute Gasteiger partial charge is 0.254 e. The van der Waals surface area contributed by atoms with Gasteiger partial charge in [-0.2, -0.15) is 0 Å². The number of piperidine rings is 1. The fraction of sp³-hybridized carbons (Fsp3) is 0.385. The summed E-state index contributed by atoms with van der Waals surface area (Å²) in [4.78, 5) is 20.6. The molecule has 2 aliphatic heterocycles. The largest absolute Gasteiger partial charge is 0.339 e. The summed E-state index contributed by atoms with van der Waals surface area (Å²) in [6.07, 6.45) is 3.43. The molecule has 1 spiro atoms. The van der Waals surface area contributed by atoms with E-state index in [2.05, 4.69) is 42.3 Å². The van der Waals surface area contributed by atoms with Gasteiger partial charge in [-0.15, -0.1) is 24.8 Å². The Hall–Kier alpha value is -2.14. The average Bonchev–Trinajstić information content (AvgIpc) is 3.21. The first-order valence-corrected chi connectivity index (χ1v) is 11.0. The topological polar surface area (TPSA) is 45.2 Å². The molecule has 2 aromatic carbocycles. The van der Waals surface area contributed by atoms with Gasteiger partial charge in [0, 0.05) is 30.6 Å². The van der Waals surface area contributed by atoms with Crippen molar-refractivity contribution in [3.05, 3.63) is 65.2 Å². The zero-order chi connectivity index (χ0) is 20.7. The number of halogens is 2. The molecule has 32 heavy (non-hydrogen) atoms. The van der Waals surface area contributed by atoms with Crippen LogP contribution in [0.3, 0.4) is 0 Å². The number of hydrogen-bond donors (Lipinski definition) is 1. The van der Waals surface area contributed by atoms with Crippen LogP contribution in [0.15, 0.2) is 48.5 Å². The Balaban J connectivity index is 0.00000144. The highest BCUT2D eigenvalue weighted by Gasteiger charge is 2.38. The van der Waals surface area contributed by atoms with Gasteiger partial charge in [-0.25, -0.2) is 4.98 Å². The average molecular weight is 472 g/mol. The maximum atomic E-state index is 13.6. The second kappa shape index (κ2) is 9.78. The van der Waals surface area contributed by atoms with Gasteiger partial charge in [-0.1, -0.05) is 42.0 Å². The van der Waals surface area contributed by atoms with Crippen LogP contribution in [-0.2, 0) is 0 Å². The number of fused-ring (bicyclic) bond motifs is 1. The molecule has 3 heterocycles.